The maximum Gasteiger partial charge on any atom is 0.219 e. The molecular weight excluding hydrogens is 382 g/mol. The smallest absolute Gasteiger partial charge is 0.219 e. The minimum absolute atomic E-state index is 0.238. The fraction of sp³-hybridized carbons (Fsp3) is 0. The molecule has 4 N–H and O–H groups in total. The zero-order chi connectivity index (χ0) is 21.5. The molecule has 0 atom stereocenters. The summed E-state index contributed by atoms with van der Waals surface area (Å²) in [5.41, 5.74) is 11.8. The van der Waals surface area contributed by atoms with Gasteiger partial charge in [0.25, 0.3) is 0 Å². The summed E-state index contributed by atoms with van der Waals surface area (Å²) in [6, 6.07) is 26.0. The number of benzene rings is 3. The molecule has 31 heavy (non-hydrogen) atoms. The predicted octanol–water partition coefficient (Wildman–Crippen LogP) is 5.29. The van der Waals surface area contributed by atoms with Gasteiger partial charge in [0.15, 0.2) is 0 Å². The van der Waals surface area contributed by atoms with Gasteiger partial charge in [0.2, 0.25) is 5.95 Å². The van der Waals surface area contributed by atoms with Crippen LogP contribution >= 0.6 is 0 Å². The van der Waals surface area contributed by atoms with Gasteiger partial charge >= 0.3 is 0 Å². The van der Waals surface area contributed by atoms with Crippen molar-refractivity contribution in [2.45, 2.75) is 0 Å². The van der Waals surface area contributed by atoms with Crippen LogP contribution in [0.2, 0.25) is 0 Å². The molecule has 5 heteroatoms. The van der Waals surface area contributed by atoms with Gasteiger partial charge in [-0.1, -0.05) is 54.8 Å². The van der Waals surface area contributed by atoms with Gasteiger partial charge < -0.3 is 16.4 Å². The summed E-state index contributed by atoms with van der Waals surface area (Å²) in [5, 5.41) is 6.82. The summed E-state index contributed by atoms with van der Waals surface area (Å²) in [5.74, 6) is 6.36. The highest BCUT2D eigenvalue weighted by atomic mass is 15.0. The fourth-order valence-corrected chi connectivity index (χ4v) is 2.96. The van der Waals surface area contributed by atoms with Crippen LogP contribution in [0.25, 0.3) is 5.70 Å². The lowest BCUT2D eigenvalue weighted by molar-refractivity contribution is 1.17. The Bertz CT molecular complexity index is 1230. The molecule has 150 valence electrons. The van der Waals surface area contributed by atoms with Gasteiger partial charge in [0.1, 0.15) is 0 Å². The Labute approximate surface area is 181 Å². The Kier molecular flexibility index (Phi) is 5.92. The predicted molar refractivity (Wildman–Crippen MR) is 128 cm³/mol. The molecule has 0 bridgehead atoms. The summed E-state index contributed by atoms with van der Waals surface area (Å²) >= 11 is 0. The third-order valence-electron chi connectivity index (χ3n) is 4.51. The molecule has 0 radical (unpaired) electrons. The second-order valence-corrected chi connectivity index (χ2v) is 6.80. The SMILES string of the molecule is C=C(Nc1ccc(C#Cc2cnc(N)nc2)cc1)c1ccccc1Nc1ccccc1. The molecule has 0 aliphatic heterocycles. The molecule has 0 unspecified atom stereocenters. The van der Waals surface area contributed by atoms with Gasteiger partial charge in [-0.3, -0.25) is 0 Å². The molecule has 4 aromatic rings. The fourth-order valence-electron chi connectivity index (χ4n) is 2.96. The molecule has 0 aliphatic carbocycles. The highest BCUT2D eigenvalue weighted by molar-refractivity contribution is 5.84. The van der Waals surface area contributed by atoms with E-state index in [0.29, 0.717) is 5.56 Å². The van der Waals surface area contributed by atoms with E-state index < -0.39 is 0 Å². The summed E-state index contributed by atoms with van der Waals surface area (Å²) in [4.78, 5) is 7.88. The van der Waals surface area contributed by atoms with Crippen molar-refractivity contribution in [2.24, 2.45) is 0 Å². The van der Waals surface area contributed by atoms with Gasteiger partial charge in [0, 0.05) is 46.3 Å². The van der Waals surface area contributed by atoms with E-state index >= 15 is 0 Å². The van der Waals surface area contributed by atoms with Gasteiger partial charge in [-0.15, -0.1) is 0 Å². The van der Waals surface area contributed by atoms with Crippen molar-refractivity contribution in [1.29, 1.82) is 0 Å². The molecule has 0 aliphatic rings. The first-order valence-corrected chi connectivity index (χ1v) is 9.74. The molecule has 0 fully saturated rings. The van der Waals surface area contributed by atoms with Crippen molar-refractivity contribution in [1.82, 2.24) is 9.97 Å². The van der Waals surface area contributed by atoms with E-state index in [4.69, 9.17) is 5.73 Å². The van der Waals surface area contributed by atoms with Crippen molar-refractivity contribution in [2.75, 3.05) is 16.4 Å². The largest absolute Gasteiger partial charge is 0.368 e. The van der Waals surface area contributed by atoms with Gasteiger partial charge in [0.05, 0.1) is 5.56 Å². The van der Waals surface area contributed by atoms with Crippen LogP contribution in [0.1, 0.15) is 16.7 Å². The van der Waals surface area contributed by atoms with Crippen LogP contribution in [0.4, 0.5) is 23.0 Å². The van der Waals surface area contributed by atoms with Crippen LogP contribution in [-0.4, -0.2) is 9.97 Å². The van der Waals surface area contributed by atoms with Crippen molar-refractivity contribution in [3.63, 3.8) is 0 Å². The zero-order valence-electron chi connectivity index (χ0n) is 16.8. The monoisotopic (exact) mass is 403 g/mol. The van der Waals surface area contributed by atoms with Gasteiger partial charge in [-0.25, -0.2) is 9.97 Å². The Morgan fingerprint density at radius 2 is 1.39 bits per heavy atom. The van der Waals surface area contributed by atoms with E-state index in [1.54, 1.807) is 12.4 Å². The molecule has 0 spiro atoms. The van der Waals surface area contributed by atoms with E-state index in [1.165, 1.54) is 0 Å². The number of nitrogen functional groups attached to an aromatic ring is 1. The Balaban J connectivity index is 1.45. The third kappa shape index (κ3) is 5.28. The lowest BCUT2D eigenvalue weighted by Crippen LogP contribution is -2.01. The summed E-state index contributed by atoms with van der Waals surface area (Å²) in [7, 11) is 0. The van der Waals surface area contributed by atoms with E-state index in [9.17, 15) is 0 Å². The second kappa shape index (κ2) is 9.29. The molecule has 3 aromatic carbocycles. The molecule has 0 saturated heterocycles. The van der Waals surface area contributed by atoms with E-state index in [0.717, 1.165) is 33.9 Å². The number of hydrogen-bond acceptors (Lipinski definition) is 5. The average Bonchev–Trinajstić information content (AvgIpc) is 2.81. The first kappa shape index (κ1) is 19.7. The zero-order valence-corrected chi connectivity index (χ0v) is 16.8. The molecular formula is C26H21N5. The summed E-state index contributed by atoms with van der Waals surface area (Å²) in [6.45, 7) is 4.22. The maximum atomic E-state index is 5.49. The molecule has 5 nitrogen and oxygen atoms in total. The topological polar surface area (TPSA) is 75.9 Å². The van der Waals surface area contributed by atoms with Crippen LogP contribution in [0.15, 0.2) is 97.8 Å². The van der Waals surface area contributed by atoms with Crippen molar-refractivity contribution >= 4 is 28.7 Å². The number of aromatic nitrogens is 2. The van der Waals surface area contributed by atoms with Crippen LogP contribution < -0.4 is 16.4 Å². The molecule has 0 saturated carbocycles. The normalized spacial score (nSPS) is 9.94. The summed E-state index contributed by atoms with van der Waals surface area (Å²) < 4.78 is 0. The van der Waals surface area contributed by atoms with E-state index in [1.807, 2.05) is 78.9 Å². The molecule has 1 heterocycles. The number of para-hydroxylation sites is 2. The highest BCUT2D eigenvalue weighted by Gasteiger charge is 2.06. The molecule has 4 rings (SSSR count). The number of hydrogen-bond donors (Lipinski definition) is 3. The van der Waals surface area contributed by atoms with Crippen LogP contribution in [0.5, 0.6) is 0 Å². The quantitative estimate of drug-likeness (QED) is 0.395. The number of nitrogens with two attached hydrogens (primary N) is 1. The Morgan fingerprint density at radius 1 is 0.742 bits per heavy atom. The third-order valence-corrected chi connectivity index (χ3v) is 4.51. The lowest BCUT2D eigenvalue weighted by atomic mass is 10.1. The van der Waals surface area contributed by atoms with E-state index in [2.05, 4.69) is 39.0 Å². The number of rotatable bonds is 5. The Hall–Kier alpha value is -4.56. The maximum absolute atomic E-state index is 5.49. The standard InChI is InChI=1S/C26H21N5/c1-19(24-9-5-6-10-25(24)31-22-7-3-2-4-8-22)30-23-15-13-20(14-16-23)11-12-21-17-28-26(27)29-18-21/h2-10,13-18,30-31H,1H2,(H2,27,28,29). The minimum Gasteiger partial charge on any atom is -0.368 e. The number of nitrogens with zero attached hydrogens (tertiary/aromatic N) is 2. The van der Waals surface area contributed by atoms with Crippen LogP contribution in [0, 0.1) is 11.8 Å². The molecule has 1 aromatic heterocycles. The van der Waals surface area contributed by atoms with Crippen LogP contribution in [0.3, 0.4) is 0 Å². The second-order valence-electron chi connectivity index (χ2n) is 6.80. The highest BCUT2D eigenvalue weighted by Crippen LogP contribution is 2.27. The van der Waals surface area contributed by atoms with Gasteiger partial charge in [-0.05, 0) is 42.5 Å². The lowest BCUT2D eigenvalue weighted by Gasteiger charge is -2.15. The first-order valence-electron chi connectivity index (χ1n) is 9.74. The van der Waals surface area contributed by atoms with Gasteiger partial charge in [-0.2, -0.15) is 0 Å². The number of anilines is 4. The number of nitrogens with one attached hydrogen (secondary N) is 2. The van der Waals surface area contributed by atoms with Crippen molar-refractivity contribution in [3.8, 4) is 11.8 Å². The Morgan fingerprint density at radius 3 is 2.13 bits per heavy atom. The molecule has 0 amide bonds. The average molecular weight is 403 g/mol. The van der Waals surface area contributed by atoms with Crippen LogP contribution in [-0.2, 0) is 0 Å². The van der Waals surface area contributed by atoms with E-state index in [-0.39, 0.29) is 5.95 Å². The minimum atomic E-state index is 0.238. The first-order chi connectivity index (χ1) is 15.2. The van der Waals surface area contributed by atoms with Crippen molar-refractivity contribution in [3.05, 3.63) is 115 Å². The summed E-state index contributed by atoms with van der Waals surface area (Å²) in [6.07, 6.45) is 3.21. The van der Waals surface area contributed by atoms with Crippen molar-refractivity contribution < 1.29 is 0 Å².